The summed E-state index contributed by atoms with van der Waals surface area (Å²) in [5.74, 6) is 3.41. The second-order valence-corrected chi connectivity index (χ2v) is 6.72. The Balaban J connectivity index is 1.44. The van der Waals surface area contributed by atoms with Gasteiger partial charge < -0.3 is 13.9 Å². The standard InChI is InChI=1S/C16H17N5O2S/c1-10-3-4-13(23-10)16-17-12(9-24-16)7-15(22)20-5-6-21-11(2)18-19-14(21)8-20/h3-4,9H,5-8H2,1-2H3. The van der Waals surface area contributed by atoms with E-state index in [9.17, 15) is 4.79 Å². The fourth-order valence-corrected chi connectivity index (χ4v) is 3.61. The summed E-state index contributed by atoms with van der Waals surface area (Å²) < 4.78 is 7.64. The third kappa shape index (κ3) is 2.73. The second kappa shape index (κ2) is 5.86. The van der Waals surface area contributed by atoms with Crippen molar-refractivity contribution in [1.82, 2.24) is 24.6 Å². The number of carbonyl (C=O) groups excluding carboxylic acids is 1. The molecule has 1 amide bonds. The Labute approximate surface area is 142 Å². The fourth-order valence-electron chi connectivity index (χ4n) is 2.83. The molecule has 0 atom stereocenters. The molecule has 124 valence electrons. The molecule has 7 nitrogen and oxygen atoms in total. The van der Waals surface area contributed by atoms with Crippen molar-refractivity contribution in [1.29, 1.82) is 0 Å². The number of rotatable bonds is 3. The summed E-state index contributed by atoms with van der Waals surface area (Å²) >= 11 is 1.49. The van der Waals surface area contributed by atoms with Crippen LogP contribution >= 0.6 is 11.3 Å². The minimum atomic E-state index is 0.0642. The number of hydrogen-bond acceptors (Lipinski definition) is 6. The maximum Gasteiger partial charge on any atom is 0.229 e. The van der Waals surface area contributed by atoms with Gasteiger partial charge in [0.2, 0.25) is 5.91 Å². The zero-order valence-corrected chi connectivity index (χ0v) is 14.3. The van der Waals surface area contributed by atoms with E-state index in [4.69, 9.17) is 4.42 Å². The molecule has 1 aliphatic heterocycles. The van der Waals surface area contributed by atoms with Gasteiger partial charge in [-0.25, -0.2) is 4.98 Å². The topological polar surface area (TPSA) is 77.1 Å². The van der Waals surface area contributed by atoms with E-state index >= 15 is 0 Å². The monoisotopic (exact) mass is 343 g/mol. The Bertz CT molecular complexity index is 894. The van der Waals surface area contributed by atoms with Crippen LogP contribution in [-0.2, 0) is 24.3 Å². The molecule has 4 rings (SSSR count). The van der Waals surface area contributed by atoms with Crippen LogP contribution in [-0.4, -0.2) is 37.1 Å². The van der Waals surface area contributed by atoms with Crippen LogP contribution in [0.2, 0.25) is 0 Å². The average Bonchev–Trinajstić information content (AvgIpc) is 3.28. The van der Waals surface area contributed by atoms with E-state index < -0.39 is 0 Å². The van der Waals surface area contributed by atoms with Crippen LogP contribution in [0.5, 0.6) is 0 Å². The number of aromatic nitrogens is 4. The lowest BCUT2D eigenvalue weighted by Crippen LogP contribution is -2.39. The van der Waals surface area contributed by atoms with E-state index in [1.807, 2.05) is 36.3 Å². The van der Waals surface area contributed by atoms with Gasteiger partial charge in [0.25, 0.3) is 0 Å². The van der Waals surface area contributed by atoms with Crippen molar-refractivity contribution in [3.05, 3.63) is 40.6 Å². The molecule has 0 saturated heterocycles. The molecule has 1 aliphatic rings. The summed E-state index contributed by atoms with van der Waals surface area (Å²) in [6.45, 7) is 5.76. The van der Waals surface area contributed by atoms with Crippen LogP contribution in [0, 0.1) is 13.8 Å². The first-order valence-electron chi connectivity index (χ1n) is 7.78. The van der Waals surface area contributed by atoms with Crippen LogP contribution in [0.25, 0.3) is 10.8 Å². The van der Waals surface area contributed by atoms with Crippen LogP contribution in [0.4, 0.5) is 0 Å². The van der Waals surface area contributed by atoms with Gasteiger partial charge >= 0.3 is 0 Å². The highest BCUT2D eigenvalue weighted by molar-refractivity contribution is 7.13. The molecular weight excluding hydrogens is 326 g/mol. The summed E-state index contributed by atoms with van der Waals surface area (Å²) in [4.78, 5) is 18.9. The molecule has 0 aromatic carbocycles. The van der Waals surface area contributed by atoms with Crippen LogP contribution < -0.4 is 0 Å². The zero-order valence-electron chi connectivity index (χ0n) is 13.5. The molecule has 8 heteroatoms. The highest BCUT2D eigenvalue weighted by Gasteiger charge is 2.24. The van der Waals surface area contributed by atoms with Crippen LogP contribution in [0.15, 0.2) is 21.9 Å². The Kier molecular flexibility index (Phi) is 3.68. The van der Waals surface area contributed by atoms with Gasteiger partial charge in [-0.2, -0.15) is 0 Å². The Morgan fingerprint density at radius 2 is 2.17 bits per heavy atom. The van der Waals surface area contributed by atoms with Crippen molar-refractivity contribution < 1.29 is 9.21 Å². The van der Waals surface area contributed by atoms with Crippen molar-refractivity contribution in [2.24, 2.45) is 0 Å². The number of nitrogens with zero attached hydrogens (tertiary/aromatic N) is 5. The smallest absolute Gasteiger partial charge is 0.229 e. The molecule has 24 heavy (non-hydrogen) atoms. The molecule has 0 N–H and O–H groups in total. The first kappa shape index (κ1) is 15.1. The number of carbonyl (C=O) groups is 1. The van der Waals surface area contributed by atoms with Gasteiger partial charge in [-0.05, 0) is 26.0 Å². The third-order valence-electron chi connectivity index (χ3n) is 4.13. The maximum absolute atomic E-state index is 12.5. The molecule has 0 unspecified atom stereocenters. The lowest BCUT2D eigenvalue weighted by Gasteiger charge is -2.27. The molecule has 0 bridgehead atoms. The first-order chi connectivity index (χ1) is 11.6. The summed E-state index contributed by atoms with van der Waals surface area (Å²) in [7, 11) is 0. The van der Waals surface area contributed by atoms with Gasteiger partial charge in [0.1, 0.15) is 11.6 Å². The SMILES string of the molecule is Cc1ccc(-c2nc(CC(=O)N3CCn4c(C)nnc4C3)cs2)o1. The minimum absolute atomic E-state index is 0.0642. The largest absolute Gasteiger partial charge is 0.459 e. The molecule has 3 aromatic heterocycles. The average molecular weight is 343 g/mol. The van der Waals surface area contributed by atoms with Gasteiger partial charge in [0.05, 0.1) is 18.7 Å². The normalized spacial score (nSPS) is 14.0. The van der Waals surface area contributed by atoms with E-state index in [-0.39, 0.29) is 5.91 Å². The van der Waals surface area contributed by atoms with E-state index in [0.717, 1.165) is 40.4 Å². The van der Waals surface area contributed by atoms with Crippen molar-refractivity contribution in [3.8, 4) is 10.8 Å². The number of hydrogen-bond donors (Lipinski definition) is 0. The van der Waals surface area contributed by atoms with Gasteiger partial charge in [-0.1, -0.05) is 0 Å². The molecule has 0 fully saturated rings. The molecule has 0 aliphatic carbocycles. The quantitative estimate of drug-likeness (QED) is 0.728. The molecule has 4 heterocycles. The first-order valence-corrected chi connectivity index (χ1v) is 8.66. The van der Waals surface area contributed by atoms with Gasteiger partial charge in [0.15, 0.2) is 16.6 Å². The van der Waals surface area contributed by atoms with Gasteiger partial charge in [0, 0.05) is 18.5 Å². The van der Waals surface area contributed by atoms with Crippen LogP contribution in [0.1, 0.15) is 23.1 Å². The Morgan fingerprint density at radius 1 is 1.29 bits per heavy atom. The molecule has 0 spiro atoms. The zero-order chi connectivity index (χ0) is 16.7. The predicted molar refractivity (Wildman–Crippen MR) is 88.4 cm³/mol. The number of thiazole rings is 1. The van der Waals surface area contributed by atoms with E-state index in [0.29, 0.717) is 19.5 Å². The number of fused-ring (bicyclic) bond motifs is 1. The van der Waals surface area contributed by atoms with E-state index in [1.54, 1.807) is 0 Å². The van der Waals surface area contributed by atoms with E-state index in [2.05, 4.69) is 19.7 Å². The van der Waals surface area contributed by atoms with Crippen molar-refractivity contribution in [2.75, 3.05) is 6.54 Å². The lowest BCUT2D eigenvalue weighted by atomic mass is 10.2. The highest BCUT2D eigenvalue weighted by atomic mass is 32.1. The Hall–Kier alpha value is -2.48. The van der Waals surface area contributed by atoms with Crippen molar-refractivity contribution >= 4 is 17.2 Å². The Morgan fingerprint density at radius 3 is 2.96 bits per heavy atom. The van der Waals surface area contributed by atoms with E-state index in [1.165, 1.54) is 11.3 Å². The molecule has 0 radical (unpaired) electrons. The lowest BCUT2D eigenvalue weighted by molar-refractivity contribution is -0.132. The molecule has 0 saturated carbocycles. The fraction of sp³-hybridized carbons (Fsp3) is 0.375. The van der Waals surface area contributed by atoms with Crippen LogP contribution in [0.3, 0.4) is 0 Å². The van der Waals surface area contributed by atoms with Crippen molar-refractivity contribution in [3.63, 3.8) is 0 Å². The number of amides is 1. The van der Waals surface area contributed by atoms with Gasteiger partial charge in [-0.15, -0.1) is 21.5 Å². The second-order valence-electron chi connectivity index (χ2n) is 5.86. The van der Waals surface area contributed by atoms with Crippen molar-refractivity contribution in [2.45, 2.75) is 33.4 Å². The molecular formula is C16H17N5O2S. The summed E-state index contributed by atoms with van der Waals surface area (Å²) in [5, 5.41) is 10.9. The summed E-state index contributed by atoms with van der Waals surface area (Å²) in [5.41, 5.74) is 0.775. The summed E-state index contributed by atoms with van der Waals surface area (Å²) in [6, 6.07) is 3.81. The number of furan rings is 1. The maximum atomic E-state index is 12.5. The number of aryl methyl sites for hydroxylation is 2. The minimum Gasteiger partial charge on any atom is -0.459 e. The summed E-state index contributed by atoms with van der Waals surface area (Å²) in [6.07, 6.45) is 0.295. The molecule has 3 aromatic rings. The predicted octanol–water partition coefficient (Wildman–Crippen LogP) is 2.20. The van der Waals surface area contributed by atoms with Gasteiger partial charge in [-0.3, -0.25) is 4.79 Å². The highest BCUT2D eigenvalue weighted by Crippen LogP contribution is 2.26. The third-order valence-corrected chi connectivity index (χ3v) is 5.03.